The van der Waals surface area contributed by atoms with Gasteiger partial charge in [0.25, 0.3) is 0 Å². The lowest BCUT2D eigenvalue weighted by Gasteiger charge is -2.15. The number of hydrogen-bond acceptors (Lipinski definition) is 2. The summed E-state index contributed by atoms with van der Waals surface area (Å²) in [5, 5.41) is 3.64. The topological polar surface area (TPSA) is 12.0 Å². The summed E-state index contributed by atoms with van der Waals surface area (Å²) in [4.78, 5) is 1.42. The Balaban J connectivity index is 1.76. The van der Waals surface area contributed by atoms with E-state index in [1.807, 2.05) is 11.8 Å². The normalized spacial score (nSPS) is 17.5. The van der Waals surface area contributed by atoms with E-state index in [9.17, 15) is 0 Å². The summed E-state index contributed by atoms with van der Waals surface area (Å²) in [5.41, 5.74) is 4.04. The molecule has 1 N–H and O–H groups in total. The molecule has 0 fully saturated rings. The second kappa shape index (κ2) is 5.30. The van der Waals surface area contributed by atoms with E-state index in [4.69, 9.17) is 0 Å². The minimum absolute atomic E-state index is 0.436. The Labute approximate surface area is 119 Å². The van der Waals surface area contributed by atoms with Gasteiger partial charge in [-0.05, 0) is 35.2 Å². The molecule has 2 aromatic rings. The van der Waals surface area contributed by atoms with Gasteiger partial charge < -0.3 is 5.32 Å². The van der Waals surface area contributed by atoms with Gasteiger partial charge >= 0.3 is 0 Å². The minimum Gasteiger partial charge on any atom is -0.377 e. The maximum Gasteiger partial charge on any atom is 0.0618 e. The largest absolute Gasteiger partial charge is 0.377 e. The van der Waals surface area contributed by atoms with Crippen LogP contribution in [0.25, 0.3) is 0 Å². The van der Waals surface area contributed by atoms with Gasteiger partial charge in [-0.25, -0.2) is 0 Å². The molecule has 0 saturated heterocycles. The van der Waals surface area contributed by atoms with Gasteiger partial charge in [0.1, 0.15) is 0 Å². The first-order valence-electron chi connectivity index (χ1n) is 6.82. The van der Waals surface area contributed by atoms with Crippen LogP contribution in [0.2, 0.25) is 0 Å². The third kappa shape index (κ3) is 2.64. The first-order valence-corrected chi connectivity index (χ1v) is 7.81. The fraction of sp³-hybridized carbons (Fsp3) is 0.294. The summed E-state index contributed by atoms with van der Waals surface area (Å²) >= 11 is 1.94. The molecule has 1 atom stereocenters. The lowest BCUT2D eigenvalue weighted by molar-refractivity contribution is 0.864. The summed E-state index contributed by atoms with van der Waals surface area (Å²) in [5.74, 6) is 1.71. The van der Waals surface area contributed by atoms with Crippen molar-refractivity contribution in [1.82, 2.24) is 0 Å². The molecule has 0 radical (unpaired) electrons. The molecule has 0 aliphatic carbocycles. The number of fused-ring (bicyclic) bond motifs is 1. The molecule has 1 unspecified atom stereocenters. The van der Waals surface area contributed by atoms with Crippen LogP contribution in [0.1, 0.15) is 36.9 Å². The monoisotopic (exact) mass is 269 g/mol. The highest BCUT2D eigenvalue weighted by molar-refractivity contribution is 7.99. The van der Waals surface area contributed by atoms with Crippen LogP contribution in [0.3, 0.4) is 0 Å². The Morgan fingerprint density at radius 1 is 1.05 bits per heavy atom. The maximum atomic E-state index is 3.64. The number of nitrogens with one attached hydrogen (secondary N) is 1. The molecule has 0 amide bonds. The van der Waals surface area contributed by atoms with Gasteiger partial charge in [0, 0.05) is 16.3 Å². The Morgan fingerprint density at radius 3 is 2.53 bits per heavy atom. The van der Waals surface area contributed by atoms with Gasteiger partial charge in [-0.1, -0.05) is 44.2 Å². The zero-order valence-corrected chi connectivity index (χ0v) is 12.2. The van der Waals surface area contributed by atoms with Crippen molar-refractivity contribution < 1.29 is 0 Å². The van der Waals surface area contributed by atoms with Crippen LogP contribution in [0, 0.1) is 0 Å². The fourth-order valence-corrected chi connectivity index (χ4v) is 3.61. The summed E-state index contributed by atoms with van der Waals surface area (Å²) in [6.45, 7) is 4.46. The number of hydrogen-bond donors (Lipinski definition) is 1. The molecular formula is C17H19NS. The molecule has 0 spiro atoms. The molecule has 19 heavy (non-hydrogen) atoms. The van der Waals surface area contributed by atoms with Gasteiger partial charge in [0.15, 0.2) is 0 Å². The zero-order valence-electron chi connectivity index (χ0n) is 11.4. The van der Waals surface area contributed by atoms with Crippen molar-refractivity contribution in [1.29, 1.82) is 0 Å². The lowest BCUT2D eigenvalue weighted by atomic mass is 10.0. The number of anilines is 1. The molecule has 0 aromatic heterocycles. The van der Waals surface area contributed by atoms with Crippen molar-refractivity contribution in [3.8, 4) is 0 Å². The van der Waals surface area contributed by atoms with E-state index in [-0.39, 0.29) is 0 Å². The summed E-state index contributed by atoms with van der Waals surface area (Å²) < 4.78 is 0. The van der Waals surface area contributed by atoms with Gasteiger partial charge in [-0.15, -0.1) is 11.8 Å². The van der Waals surface area contributed by atoms with Crippen LogP contribution in [0.5, 0.6) is 0 Å². The molecule has 0 bridgehead atoms. The van der Waals surface area contributed by atoms with Gasteiger partial charge in [-0.2, -0.15) is 0 Å². The van der Waals surface area contributed by atoms with Crippen LogP contribution < -0.4 is 5.32 Å². The van der Waals surface area contributed by atoms with Gasteiger partial charge in [0.05, 0.1) is 6.04 Å². The first kappa shape index (κ1) is 12.6. The van der Waals surface area contributed by atoms with E-state index in [1.165, 1.54) is 21.7 Å². The number of benzene rings is 2. The molecular weight excluding hydrogens is 250 g/mol. The predicted octanol–water partition coefficient (Wildman–Crippen LogP) is 5.07. The van der Waals surface area contributed by atoms with Gasteiger partial charge in [-0.3, -0.25) is 0 Å². The minimum atomic E-state index is 0.436. The Hall–Kier alpha value is -1.41. The third-order valence-corrected chi connectivity index (χ3v) is 4.80. The average Bonchev–Trinajstić information content (AvgIpc) is 2.83. The van der Waals surface area contributed by atoms with E-state index < -0.39 is 0 Å². The van der Waals surface area contributed by atoms with E-state index in [0.717, 1.165) is 5.75 Å². The van der Waals surface area contributed by atoms with E-state index in [1.54, 1.807) is 0 Å². The van der Waals surface area contributed by atoms with Crippen LogP contribution in [0.4, 0.5) is 5.69 Å². The Bertz CT molecular complexity index is 560. The van der Waals surface area contributed by atoms with Crippen molar-refractivity contribution in [2.75, 3.05) is 11.1 Å². The van der Waals surface area contributed by atoms with Crippen LogP contribution >= 0.6 is 11.8 Å². The lowest BCUT2D eigenvalue weighted by Crippen LogP contribution is -2.09. The third-order valence-electron chi connectivity index (χ3n) is 3.62. The quantitative estimate of drug-likeness (QED) is 0.835. The Morgan fingerprint density at radius 2 is 1.79 bits per heavy atom. The first-order chi connectivity index (χ1) is 9.24. The molecule has 0 saturated carbocycles. The van der Waals surface area contributed by atoms with Crippen LogP contribution in [-0.4, -0.2) is 5.75 Å². The summed E-state index contributed by atoms with van der Waals surface area (Å²) in [6.07, 6.45) is 0. The average molecular weight is 269 g/mol. The van der Waals surface area contributed by atoms with Crippen molar-refractivity contribution in [2.24, 2.45) is 0 Å². The van der Waals surface area contributed by atoms with Gasteiger partial charge in [0.2, 0.25) is 0 Å². The molecule has 98 valence electrons. The molecule has 3 rings (SSSR count). The van der Waals surface area contributed by atoms with Crippen molar-refractivity contribution in [2.45, 2.75) is 30.7 Å². The standard InChI is InChI=1S/C17H19NS/c1-12(2)13-7-9-14(10-8-13)18-16-11-19-17-6-4-3-5-15(16)17/h3-10,12,16,18H,11H2,1-2H3. The molecule has 1 aliphatic heterocycles. The number of thioether (sulfide) groups is 1. The van der Waals surface area contributed by atoms with Crippen molar-refractivity contribution in [3.05, 3.63) is 59.7 Å². The van der Waals surface area contributed by atoms with E-state index in [2.05, 4.69) is 67.7 Å². The van der Waals surface area contributed by atoms with Crippen molar-refractivity contribution >= 4 is 17.4 Å². The Kier molecular flexibility index (Phi) is 3.52. The highest BCUT2D eigenvalue weighted by atomic mass is 32.2. The molecule has 2 aromatic carbocycles. The summed E-state index contributed by atoms with van der Waals surface area (Å²) in [7, 11) is 0. The maximum absolute atomic E-state index is 3.64. The number of rotatable bonds is 3. The second-order valence-corrected chi connectivity index (χ2v) is 6.38. The highest BCUT2D eigenvalue weighted by Crippen LogP contribution is 2.39. The second-order valence-electron chi connectivity index (χ2n) is 5.32. The molecule has 1 aliphatic rings. The fourth-order valence-electron chi connectivity index (χ4n) is 2.45. The predicted molar refractivity (Wildman–Crippen MR) is 84.1 cm³/mol. The van der Waals surface area contributed by atoms with Crippen molar-refractivity contribution in [3.63, 3.8) is 0 Å². The molecule has 2 heteroatoms. The SMILES string of the molecule is CC(C)c1ccc(NC2CSc3ccccc32)cc1. The summed E-state index contributed by atoms with van der Waals surface area (Å²) in [6, 6.07) is 18.0. The highest BCUT2D eigenvalue weighted by Gasteiger charge is 2.22. The molecule has 1 heterocycles. The van der Waals surface area contributed by atoms with E-state index >= 15 is 0 Å². The zero-order chi connectivity index (χ0) is 13.2. The smallest absolute Gasteiger partial charge is 0.0618 e. The van der Waals surface area contributed by atoms with E-state index in [0.29, 0.717) is 12.0 Å². The molecule has 1 nitrogen and oxygen atoms in total. The van der Waals surface area contributed by atoms with Crippen LogP contribution in [-0.2, 0) is 0 Å². The van der Waals surface area contributed by atoms with Crippen LogP contribution in [0.15, 0.2) is 53.4 Å².